The first-order chi connectivity index (χ1) is 31.2. The van der Waals surface area contributed by atoms with Crippen LogP contribution in [0.4, 0.5) is 0 Å². The maximum atomic E-state index is 6.87. The number of hydrogen-bond acceptors (Lipinski definition) is 5. The van der Waals surface area contributed by atoms with E-state index in [1.54, 1.807) is 0 Å². The molecule has 292 valence electrons. The van der Waals surface area contributed by atoms with E-state index in [4.69, 9.17) is 23.8 Å². The number of rotatable bonds is 4. The molecular formula is C57H32N4O2. The molecule has 0 amide bonds. The lowest BCUT2D eigenvalue weighted by Crippen LogP contribution is -2.07. The van der Waals surface area contributed by atoms with Crippen LogP contribution < -0.4 is 0 Å². The third-order valence-electron chi connectivity index (χ3n) is 12.8. The van der Waals surface area contributed by atoms with Crippen LogP contribution in [0.1, 0.15) is 0 Å². The summed E-state index contributed by atoms with van der Waals surface area (Å²) in [6.07, 6.45) is 0. The highest BCUT2D eigenvalue weighted by molar-refractivity contribution is 6.25. The minimum Gasteiger partial charge on any atom is -0.456 e. The van der Waals surface area contributed by atoms with Crippen LogP contribution in [0, 0.1) is 0 Å². The van der Waals surface area contributed by atoms with Crippen LogP contribution in [0.15, 0.2) is 203 Å². The van der Waals surface area contributed by atoms with E-state index < -0.39 is 0 Å². The Morgan fingerprint density at radius 1 is 0.349 bits per heavy atom. The van der Waals surface area contributed by atoms with Crippen LogP contribution in [-0.4, -0.2) is 19.5 Å². The summed E-state index contributed by atoms with van der Waals surface area (Å²) in [4.78, 5) is 16.1. The molecule has 0 fully saturated rings. The summed E-state index contributed by atoms with van der Waals surface area (Å²) in [5.74, 6) is 1.63. The Morgan fingerprint density at radius 3 is 1.78 bits per heavy atom. The number of para-hydroxylation sites is 3. The molecule has 0 N–H and O–H groups in total. The van der Waals surface area contributed by atoms with Crippen molar-refractivity contribution >= 4 is 98.0 Å². The lowest BCUT2D eigenvalue weighted by Gasteiger charge is -2.13. The van der Waals surface area contributed by atoms with Crippen LogP contribution in [-0.2, 0) is 0 Å². The molecule has 0 saturated carbocycles. The average Bonchev–Trinajstić information content (AvgIpc) is 4.03. The SMILES string of the molecule is c1ccc2cc(-c3nc(-c4ccc5c(c4)oc4ccccc45)nc(-n4c5ccc6ccccc6c5c5cccc(-c6cccc7c6oc6ccc8ccccc8c67)c54)n3)ccc2c1. The molecule has 0 spiro atoms. The van der Waals surface area contributed by atoms with Crippen LogP contribution in [0.3, 0.4) is 0 Å². The van der Waals surface area contributed by atoms with Crippen molar-refractivity contribution in [1.29, 1.82) is 0 Å². The first kappa shape index (κ1) is 34.1. The molecule has 6 heteroatoms. The predicted molar refractivity (Wildman–Crippen MR) is 258 cm³/mol. The molecule has 0 saturated heterocycles. The Bertz CT molecular complexity index is 4230. The molecule has 0 radical (unpaired) electrons. The standard InChI is InChI=1S/C57H32N4O2/c1-2-14-36-31-37(24-23-33(36)11-1)55-58-56(38-25-28-42-41-17-7-8-22-48(41)62-50(42)32-38)60-57(59-55)61-47-29-26-34-12-3-5-15-39(34)51(47)45-20-9-18-43(53(45)61)44-19-10-21-46-52-40-16-6-4-13-35(40)27-30-49(52)63-54(44)46/h1-32H. The van der Waals surface area contributed by atoms with Crippen LogP contribution >= 0.6 is 0 Å². The monoisotopic (exact) mass is 804 g/mol. The van der Waals surface area contributed by atoms with Crippen LogP contribution in [0.2, 0.25) is 0 Å². The van der Waals surface area contributed by atoms with Crippen LogP contribution in [0.25, 0.3) is 138 Å². The van der Waals surface area contributed by atoms with E-state index in [-0.39, 0.29) is 0 Å². The van der Waals surface area contributed by atoms with E-state index in [2.05, 4.69) is 180 Å². The summed E-state index contributed by atoms with van der Waals surface area (Å²) in [6, 6.07) is 68.0. The Hall–Kier alpha value is -8.61. The van der Waals surface area contributed by atoms with Gasteiger partial charge < -0.3 is 8.83 Å². The molecule has 4 aromatic heterocycles. The van der Waals surface area contributed by atoms with Crippen molar-refractivity contribution in [3.05, 3.63) is 194 Å². The van der Waals surface area contributed by atoms with Gasteiger partial charge in [0.25, 0.3) is 0 Å². The molecular weight excluding hydrogens is 773 g/mol. The minimum atomic E-state index is 0.512. The zero-order valence-electron chi connectivity index (χ0n) is 33.6. The van der Waals surface area contributed by atoms with E-state index >= 15 is 0 Å². The molecule has 0 aliphatic carbocycles. The van der Waals surface area contributed by atoms with Crippen molar-refractivity contribution in [3.8, 4) is 39.9 Å². The highest BCUT2D eigenvalue weighted by atomic mass is 16.3. The Labute approximate surface area is 358 Å². The summed E-state index contributed by atoms with van der Waals surface area (Å²) >= 11 is 0. The molecule has 0 aliphatic rings. The van der Waals surface area contributed by atoms with E-state index in [1.807, 2.05) is 18.2 Å². The van der Waals surface area contributed by atoms with Crippen molar-refractivity contribution in [2.24, 2.45) is 0 Å². The lowest BCUT2D eigenvalue weighted by atomic mass is 9.97. The zero-order chi connectivity index (χ0) is 41.2. The van der Waals surface area contributed by atoms with Gasteiger partial charge in [0.05, 0.1) is 11.0 Å². The van der Waals surface area contributed by atoms with Gasteiger partial charge in [0.15, 0.2) is 11.6 Å². The number of furan rings is 2. The molecule has 14 rings (SSSR count). The molecule has 0 unspecified atom stereocenters. The topological polar surface area (TPSA) is 69.9 Å². The Kier molecular flexibility index (Phi) is 7.02. The molecule has 4 heterocycles. The summed E-state index contributed by atoms with van der Waals surface area (Å²) < 4.78 is 15.5. The van der Waals surface area contributed by atoms with Crippen LogP contribution in [0.5, 0.6) is 0 Å². The molecule has 6 nitrogen and oxygen atoms in total. The van der Waals surface area contributed by atoms with Gasteiger partial charge in [-0.25, -0.2) is 4.98 Å². The maximum absolute atomic E-state index is 6.87. The quantitative estimate of drug-likeness (QED) is 0.177. The van der Waals surface area contributed by atoms with Gasteiger partial charge in [-0.2, -0.15) is 9.97 Å². The molecule has 0 atom stereocenters. The second-order valence-electron chi connectivity index (χ2n) is 16.3. The van der Waals surface area contributed by atoms with Crippen molar-refractivity contribution in [2.45, 2.75) is 0 Å². The van der Waals surface area contributed by atoms with Gasteiger partial charge >= 0.3 is 0 Å². The van der Waals surface area contributed by atoms with E-state index in [9.17, 15) is 0 Å². The highest BCUT2D eigenvalue weighted by Crippen LogP contribution is 2.45. The summed E-state index contributed by atoms with van der Waals surface area (Å²) in [5.41, 5.74) is 9.03. The van der Waals surface area contributed by atoms with Gasteiger partial charge in [-0.3, -0.25) is 4.57 Å². The summed E-state index contributed by atoms with van der Waals surface area (Å²) in [5, 5.41) is 13.5. The number of aromatic nitrogens is 4. The second-order valence-corrected chi connectivity index (χ2v) is 16.3. The first-order valence-electron chi connectivity index (χ1n) is 21.2. The van der Waals surface area contributed by atoms with Gasteiger partial charge in [-0.05, 0) is 68.7 Å². The van der Waals surface area contributed by atoms with Gasteiger partial charge in [0.2, 0.25) is 5.95 Å². The number of hydrogen-bond donors (Lipinski definition) is 0. The summed E-state index contributed by atoms with van der Waals surface area (Å²) in [7, 11) is 0. The maximum Gasteiger partial charge on any atom is 0.238 e. The zero-order valence-corrected chi connectivity index (χ0v) is 33.6. The van der Waals surface area contributed by atoms with E-state index in [0.29, 0.717) is 17.6 Å². The summed E-state index contributed by atoms with van der Waals surface area (Å²) in [6.45, 7) is 0. The van der Waals surface area contributed by atoms with Gasteiger partial charge in [0, 0.05) is 54.6 Å². The molecule has 0 bridgehead atoms. The number of benzene rings is 10. The third kappa shape index (κ3) is 5.03. The molecule has 0 aliphatic heterocycles. The van der Waals surface area contributed by atoms with Gasteiger partial charge in [0.1, 0.15) is 22.3 Å². The normalized spacial score (nSPS) is 12.1. The molecule has 63 heavy (non-hydrogen) atoms. The van der Waals surface area contributed by atoms with Crippen molar-refractivity contribution in [3.63, 3.8) is 0 Å². The largest absolute Gasteiger partial charge is 0.456 e. The lowest BCUT2D eigenvalue weighted by molar-refractivity contribution is 0.669. The fourth-order valence-corrected chi connectivity index (χ4v) is 9.96. The number of nitrogens with zero attached hydrogens (tertiary/aromatic N) is 4. The van der Waals surface area contributed by atoms with Crippen molar-refractivity contribution in [1.82, 2.24) is 19.5 Å². The number of fused-ring (bicyclic) bond motifs is 14. The molecule has 10 aromatic carbocycles. The molecule has 14 aromatic rings. The Morgan fingerprint density at radius 2 is 0.952 bits per heavy atom. The van der Waals surface area contributed by atoms with Crippen molar-refractivity contribution in [2.75, 3.05) is 0 Å². The second kappa shape index (κ2) is 12.9. The fraction of sp³-hybridized carbons (Fsp3) is 0. The average molecular weight is 805 g/mol. The van der Waals surface area contributed by atoms with E-state index in [0.717, 1.165) is 109 Å². The van der Waals surface area contributed by atoms with Crippen molar-refractivity contribution < 1.29 is 8.83 Å². The minimum absolute atomic E-state index is 0.512. The fourth-order valence-electron chi connectivity index (χ4n) is 9.96. The highest BCUT2D eigenvalue weighted by Gasteiger charge is 2.24. The van der Waals surface area contributed by atoms with E-state index in [1.165, 1.54) is 10.8 Å². The van der Waals surface area contributed by atoms with Gasteiger partial charge in [-0.15, -0.1) is 0 Å². The third-order valence-corrected chi connectivity index (χ3v) is 12.8. The smallest absolute Gasteiger partial charge is 0.238 e. The first-order valence-corrected chi connectivity index (χ1v) is 21.2. The predicted octanol–water partition coefficient (Wildman–Crippen LogP) is 15.2. The Balaban J connectivity index is 1.09. The van der Waals surface area contributed by atoms with Gasteiger partial charge in [-0.1, -0.05) is 158 Å².